The maximum absolute atomic E-state index is 11.9. The molecular formula is C12H21N2O2. The van der Waals surface area contributed by atoms with E-state index < -0.39 is 0 Å². The van der Waals surface area contributed by atoms with Gasteiger partial charge in [-0.1, -0.05) is 20.8 Å². The van der Waals surface area contributed by atoms with Gasteiger partial charge in [-0.2, -0.15) is 0 Å². The Bertz CT molecular complexity index is 273. The molecule has 0 saturated carbocycles. The maximum atomic E-state index is 11.9. The van der Waals surface area contributed by atoms with Gasteiger partial charge in [0.1, 0.15) is 0 Å². The molecular weight excluding hydrogens is 204 g/mol. The van der Waals surface area contributed by atoms with E-state index in [0.717, 1.165) is 0 Å². The Balaban J connectivity index is 2.42. The molecule has 0 aromatic carbocycles. The van der Waals surface area contributed by atoms with Gasteiger partial charge in [0.15, 0.2) is 0 Å². The van der Waals surface area contributed by atoms with Crippen LogP contribution < -0.4 is 0 Å². The highest BCUT2D eigenvalue weighted by Crippen LogP contribution is 2.19. The van der Waals surface area contributed by atoms with Gasteiger partial charge in [-0.15, -0.1) is 0 Å². The minimum Gasteiger partial charge on any atom is -0.339 e. The molecule has 16 heavy (non-hydrogen) atoms. The normalized spacial score (nSPS) is 17.5. The van der Waals surface area contributed by atoms with Crippen molar-refractivity contribution >= 4 is 11.8 Å². The Morgan fingerprint density at radius 2 is 1.44 bits per heavy atom. The molecule has 1 radical (unpaired) electrons. The molecule has 1 aliphatic heterocycles. The molecule has 0 aromatic heterocycles. The molecule has 0 atom stereocenters. The summed E-state index contributed by atoms with van der Waals surface area (Å²) >= 11 is 0. The molecule has 0 aromatic rings. The highest BCUT2D eigenvalue weighted by molar-refractivity contribution is 5.86. The van der Waals surface area contributed by atoms with Gasteiger partial charge < -0.3 is 9.80 Å². The summed E-state index contributed by atoms with van der Waals surface area (Å²) in [7, 11) is 0. The zero-order chi connectivity index (χ0) is 12.3. The van der Waals surface area contributed by atoms with Crippen LogP contribution in [0.15, 0.2) is 0 Å². The number of rotatable bonds is 1. The predicted octanol–water partition coefficient (Wildman–Crippen LogP) is 0.927. The van der Waals surface area contributed by atoms with Crippen LogP contribution in [-0.4, -0.2) is 47.8 Å². The fourth-order valence-corrected chi connectivity index (χ4v) is 1.70. The van der Waals surface area contributed by atoms with Gasteiger partial charge in [-0.05, 0) is 5.41 Å². The van der Waals surface area contributed by atoms with Crippen molar-refractivity contribution in [2.45, 2.75) is 27.7 Å². The van der Waals surface area contributed by atoms with Crippen LogP contribution in [0, 0.1) is 11.8 Å². The number of carbonyl (C=O) groups is 2. The van der Waals surface area contributed by atoms with Gasteiger partial charge in [0.2, 0.25) is 11.8 Å². The van der Waals surface area contributed by atoms with E-state index in [0.29, 0.717) is 26.2 Å². The molecule has 0 N–H and O–H groups in total. The van der Waals surface area contributed by atoms with Crippen LogP contribution in [0.25, 0.3) is 0 Å². The molecule has 4 nitrogen and oxygen atoms in total. The first-order chi connectivity index (χ1) is 7.29. The van der Waals surface area contributed by atoms with Crippen molar-refractivity contribution in [3.8, 4) is 0 Å². The van der Waals surface area contributed by atoms with Crippen molar-refractivity contribution in [2.75, 3.05) is 26.2 Å². The molecule has 0 bridgehead atoms. The van der Waals surface area contributed by atoms with Crippen LogP contribution in [0.4, 0.5) is 0 Å². The molecule has 2 amide bonds. The van der Waals surface area contributed by atoms with E-state index in [1.54, 1.807) is 18.2 Å². The lowest BCUT2D eigenvalue weighted by atomic mass is 9.91. The fourth-order valence-electron chi connectivity index (χ4n) is 1.70. The topological polar surface area (TPSA) is 40.6 Å². The van der Waals surface area contributed by atoms with E-state index in [1.165, 1.54) is 0 Å². The number of piperazine rings is 1. The summed E-state index contributed by atoms with van der Waals surface area (Å²) in [5.74, 6) is 0.169. The van der Waals surface area contributed by atoms with Crippen molar-refractivity contribution < 1.29 is 9.59 Å². The molecule has 91 valence electrons. The zero-order valence-electron chi connectivity index (χ0n) is 10.6. The number of nitrogens with zero attached hydrogens (tertiary/aromatic N) is 2. The van der Waals surface area contributed by atoms with Crippen molar-refractivity contribution in [3.05, 3.63) is 6.42 Å². The first kappa shape index (κ1) is 13.0. The second-order valence-electron chi connectivity index (χ2n) is 5.34. The van der Waals surface area contributed by atoms with Crippen LogP contribution in [0.2, 0.25) is 0 Å². The summed E-state index contributed by atoms with van der Waals surface area (Å²) in [4.78, 5) is 26.6. The van der Waals surface area contributed by atoms with Crippen LogP contribution >= 0.6 is 0 Å². The molecule has 1 heterocycles. The number of amides is 2. The second-order valence-corrected chi connectivity index (χ2v) is 5.34. The minimum absolute atomic E-state index is 0.0794. The van der Waals surface area contributed by atoms with Crippen molar-refractivity contribution in [3.63, 3.8) is 0 Å². The molecule has 1 saturated heterocycles. The van der Waals surface area contributed by atoms with E-state index in [4.69, 9.17) is 0 Å². The van der Waals surface area contributed by atoms with E-state index >= 15 is 0 Å². The van der Waals surface area contributed by atoms with Gasteiger partial charge in [0, 0.05) is 33.1 Å². The van der Waals surface area contributed by atoms with E-state index in [-0.39, 0.29) is 17.2 Å². The highest BCUT2D eigenvalue weighted by Gasteiger charge is 2.25. The van der Waals surface area contributed by atoms with Crippen molar-refractivity contribution in [2.24, 2.45) is 5.41 Å². The number of hydrogen-bond acceptors (Lipinski definition) is 2. The quantitative estimate of drug-likeness (QED) is 0.666. The van der Waals surface area contributed by atoms with Crippen molar-refractivity contribution in [1.82, 2.24) is 9.80 Å². The molecule has 0 aliphatic carbocycles. The average molecular weight is 225 g/mol. The summed E-state index contributed by atoms with van der Waals surface area (Å²) in [5.41, 5.74) is -0.0885. The Morgan fingerprint density at radius 3 is 1.81 bits per heavy atom. The third-order valence-electron chi connectivity index (χ3n) is 2.59. The minimum atomic E-state index is -0.0885. The number of hydrogen-bond donors (Lipinski definition) is 0. The summed E-state index contributed by atoms with van der Waals surface area (Å²) in [5, 5.41) is 0. The number of carbonyl (C=O) groups excluding carboxylic acids is 2. The predicted molar refractivity (Wildman–Crippen MR) is 62.6 cm³/mol. The van der Waals surface area contributed by atoms with Gasteiger partial charge in [0.25, 0.3) is 0 Å². The van der Waals surface area contributed by atoms with Gasteiger partial charge in [-0.25, -0.2) is 0 Å². The Kier molecular flexibility index (Phi) is 3.94. The van der Waals surface area contributed by atoms with Gasteiger partial charge >= 0.3 is 0 Å². The summed E-state index contributed by atoms with van der Waals surface area (Å²) < 4.78 is 0. The average Bonchev–Trinajstić information content (AvgIpc) is 2.15. The standard InChI is InChI=1S/C12H21N2O2/c1-10(15)13-5-7-14(8-6-13)11(16)9-12(2,3)4/h9H,5-8H2,1-4H3. The SMILES string of the molecule is CC(=O)N1CCN(C(=O)[CH]C(C)(C)C)CC1. The lowest BCUT2D eigenvalue weighted by molar-refractivity contribution is -0.136. The Morgan fingerprint density at radius 1 is 1.00 bits per heavy atom. The smallest absolute Gasteiger partial charge is 0.227 e. The Labute approximate surface area is 97.6 Å². The molecule has 4 heteroatoms. The first-order valence-corrected chi connectivity index (χ1v) is 5.70. The largest absolute Gasteiger partial charge is 0.339 e. The van der Waals surface area contributed by atoms with Crippen LogP contribution in [0.3, 0.4) is 0 Å². The van der Waals surface area contributed by atoms with E-state index in [9.17, 15) is 9.59 Å². The van der Waals surface area contributed by atoms with Crippen LogP contribution in [-0.2, 0) is 9.59 Å². The van der Waals surface area contributed by atoms with Crippen LogP contribution in [0.5, 0.6) is 0 Å². The first-order valence-electron chi connectivity index (χ1n) is 5.70. The second kappa shape index (κ2) is 4.85. The van der Waals surface area contributed by atoms with Gasteiger partial charge in [-0.3, -0.25) is 9.59 Å². The summed E-state index contributed by atoms with van der Waals surface area (Å²) in [6.07, 6.45) is 1.75. The Hall–Kier alpha value is -1.06. The maximum Gasteiger partial charge on any atom is 0.227 e. The monoisotopic (exact) mass is 225 g/mol. The highest BCUT2D eigenvalue weighted by atomic mass is 16.2. The molecule has 1 aliphatic rings. The van der Waals surface area contributed by atoms with Crippen molar-refractivity contribution in [1.29, 1.82) is 0 Å². The zero-order valence-corrected chi connectivity index (χ0v) is 10.6. The van der Waals surface area contributed by atoms with Gasteiger partial charge in [0.05, 0.1) is 6.42 Å². The lowest BCUT2D eigenvalue weighted by Crippen LogP contribution is -2.50. The van der Waals surface area contributed by atoms with Crippen LogP contribution in [0.1, 0.15) is 27.7 Å². The third kappa shape index (κ3) is 3.83. The summed E-state index contributed by atoms with van der Waals surface area (Å²) in [6.45, 7) is 10.2. The van der Waals surface area contributed by atoms with E-state index in [2.05, 4.69) is 0 Å². The third-order valence-corrected chi connectivity index (χ3v) is 2.59. The fraction of sp³-hybridized carbons (Fsp3) is 0.750. The summed E-state index contributed by atoms with van der Waals surface area (Å²) in [6, 6.07) is 0. The molecule has 1 fully saturated rings. The molecule has 1 rings (SSSR count). The lowest BCUT2D eigenvalue weighted by Gasteiger charge is -2.35. The molecule has 0 unspecified atom stereocenters. The van der Waals surface area contributed by atoms with E-state index in [1.807, 2.05) is 25.7 Å². The molecule has 0 spiro atoms.